The van der Waals surface area contributed by atoms with E-state index in [4.69, 9.17) is 0 Å². The molecular formula is C21H44O4S. The Bertz CT molecular complexity index is 395. The fourth-order valence-electron chi connectivity index (χ4n) is 3.53. The van der Waals surface area contributed by atoms with Crippen LogP contribution in [0.25, 0.3) is 0 Å². The van der Waals surface area contributed by atoms with Crippen molar-refractivity contribution in [2.45, 2.75) is 134 Å². The second-order valence-corrected chi connectivity index (χ2v) is 9.53. The minimum absolute atomic E-state index is 0.223. The predicted molar refractivity (Wildman–Crippen MR) is 111 cm³/mol. The third-order valence-electron chi connectivity index (χ3n) is 5.24. The third-order valence-corrected chi connectivity index (χ3v) is 6.55. The summed E-state index contributed by atoms with van der Waals surface area (Å²) in [6.45, 7) is 4.29. The molecule has 0 fully saturated rings. The molecule has 0 amide bonds. The number of rotatable bonds is 19. The Morgan fingerprint density at radius 1 is 0.615 bits per heavy atom. The summed E-state index contributed by atoms with van der Waals surface area (Å²) in [6, 6.07) is 0. The van der Waals surface area contributed by atoms with Gasteiger partial charge in [-0.05, 0) is 25.7 Å². The van der Waals surface area contributed by atoms with E-state index in [2.05, 4.69) is 13.8 Å². The van der Waals surface area contributed by atoms with Gasteiger partial charge in [0.25, 0.3) is 10.1 Å². The van der Waals surface area contributed by atoms with Crippen LogP contribution in [-0.2, 0) is 10.1 Å². The average Bonchev–Trinajstić information content (AvgIpc) is 2.57. The first-order valence-corrected chi connectivity index (χ1v) is 12.6. The molecule has 0 radical (unpaired) electrons. The summed E-state index contributed by atoms with van der Waals surface area (Å²) in [5.74, 6) is 0. The minimum Gasteiger partial charge on any atom is -0.393 e. The molecular weight excluding hydrogens is 348 g/mol. The highest BCUT2D eigenvalue weighted by Crippen LogP contribution is 2.19. The van der Waals surface area contributed by atoms with E-state index in [1.807, 2.05) is 0 Å². The van der Waals surface area contributed by atoms with E-state index in [0.29, 0.717) is 12.8 Å². The smallest absolute Gasteiger partial charge is 0.267 e. The maximum absolute atomic E-state index is 11.6. The maximum Gasteiger partial charge on any atom is 0.267 e. The van der Waals surface area contributed by atoms with E-state index in [1.54, 1.807) is 0 Å². The van der Waals surface area contributed by atoms with Crippen molar-refractivity contribution < 1.29 is 18.1 Å². The molecule has 0 aliphatic carbocycles. The average molecular weight is 393 g/mol. The van der Waals surface area contributed by atoms with Crippen LogP contribution in [0.3, 0.4) is 0 Å². The van der Waals surface area contributed by atoms with Gasteiger partial charge in [-0.15, -0.1) is 0 Å². The van der Waals surface area contributed by atoms with Crippen molar-refractivity contribution in [3.8, 4) is 0 Å². The van der Waals surface area contributed by atoms with Gasteiger partial charge in [0.1, 0.15) is 0 Å². The summed E-state index contributed by atoms with van der Waals surface area (Å²) in [5, 5.41) is 9.09. The van der Waals surface area contributed by atoms with Gasteiger partial charge >= 0.3 is 0 Å². The molecule has 0 aromatic heterocycles. The summed E-state index contributed by atoms with van der Waals surface area (Å²) < 4.78 is 32.6. The zero-order chi connectivity index (χ0) is 19.7. The molecule has 2 unspecified atom stereocenters. The molecule has 158 valence electrons. The fourth-order valence-corrected chi connectivity index (χ4v) is 4.46. The van der Waals surface area contributed by atoms with Crippen LogP contribution in [0.1, 0.15) is 123 Å². The lowest BCUT2D eigenvalue weighted by molar-refractivity contribution is 0.150. The van der Waals surface area contributed by atoms with Gasteiger partial charge in [0.05, 0.1) is 11.4 Å². The van der Waals surface area contributed by atoms with Gasteiger partial charge in [-0.1, -0.05) is 97.3 Å². The molecule has 2 N–H and O–H groups in total. The highest BCUT2D eigenvalue weighted by Gasteiger charge is 2.21. The van der Waals surface area contributed by atoms with Crippen LogP contribution < -0.4 is 0 Å². The van der Waals surface area contributed by atoms with Gasteiger partial charge in [0, 0.05) is 0 Å². The molecule has 4 nitrogen and oxygen atoms in total. The molecule has 0 heterocycles. The number of hydrogen-bond acceptors (Lipinski definition) is 3. The summed E-state index contributed by atoms with van der Waals surface area (Å²) in [7, 11) is -3.93. The summed E-state index contributed by atoms with van der Waals surface area (Å²) in [4.78, 5) is 0. The second-order valence-electron chi connectivity index (χ2n) is 7.83. The Kier molecular flexibility index (Phi) is 16.9. The Hall–Kier alpha value is -0.130. The molecule has 5 heteroatoms. The summed E-state index contributed by atoms with van der Waals surface area (Å²) in [6.07, 6.45) is 17.0. The van der Waals surface area contributed by atoms with Gasteiger partial charge in [-0.2, -0.15) is 8.42 Å². The maximum atomic E-state index is 11.6. The van der Waals surface area contributed by atoms with Crippen molar-refractivity contribution in [1.29, 1.82) is 0 Å². The minimum atomic E-state index is -3.93. The normalized spacial score (nSPS) is 14.5. The van der Waals surface area contributed by atoms with Crippen LogP contribution in [0, 0.1) is 0 Å². The quantitative estimate of drug-likeness (QED) is 0.200. The Labute approximate surface area is 162 Å². The Morgan fingerprint density at radius 2 is 1.04 bits per heavy atom. The van der Waals surface area contributed by atoms with Crippen molar-refractivity contribution in [1.82, 2.24) is 0 Å². The lowest BCUT2D eigenvalue weighted by Crippen LogP contribution is -2.20. The van der Waals surface area contributed by atoms with Crippen LogP contribution in [0.2, 0.25) is 0 Å². The highest BCUT2D eigenvalue weighted by molar-refractivity contribution is 7.86. The number of unbranched alkanes of at least 4 members (excludes halogenated alkanes) is 10. The topological polar surface area (TPSA) is 74.6 Å². The first kappa shape index (κ1) is 25.9. The molecule has 0 rings (SSSR count). The van der Waals surface area contributed by atoms with E-state index < -0.39 is 15.4 Å². The zero-order valence-electron chi connectivity index (χ0n) is 17.3. The van der Waals surface area contributed by atoms with E-state index >= 15 is 0 Å². The lowest BCUT2D eigenvalue weighted by atomic mass is 10.0. The second kappa shape index (κ2) is 17.0. The number of aliphatic hydroxyl groups excluding tert-OH is 1. The van der Waals surface area contributed by atoms with Crippen LogP contribution in [0.5, 0.6) is 0 Å². The van der Waals surface area contributed by atoms with Gasteiger partial charge < -0.3 is 5.11 Å². The number of aliphatic hydroxyl groups is 1. The van der Waals surface area contributed by atoms with Crippen molar-refractivity contribution in [2.75, 3.05) is 0 Å². The van der Waals surface area contributed by atoms with Gasteiger partial charge in [-0.3, -0.25) is 4.55 Å². The highest BCUT2D eigenvalue weighted by atomic mass is 32.2. The van der Waals surface area contributed by atoms with Crippen LogP contribution >= 0.6 is 0 Å². The Balaban J connectivity index is 3.78. The third kappa shape index (κ3) is 16.1. The largest absolute Gasteiger partial charge is 0.393 e. The van der Waals surface area contributed by atoms with E-state index in [9.17, 15) is 18.1 Å². The van der Waals surface area contributed by atoms with Gasteiger partial charge in [0.2, 0.25) is 0 Å². The molecule has 0 aliphatic heterocycles. The fraction of sp³-hybridized carbons (Fsp3) is 1.00. The van der Waals surface area contributed by atoms with Crippen LogP contribution in [0.15, 0.2) is 0 Å². The van der Waals surface area contributed by atoms with E-state index in [1.165, 1.54) is 44.9 Å². The summed E-state index contributed by atoms with van der Waals surface area (Å²) >= 11 is 0. The van der Waals surface area contributed by atoms with E-state index in [0.717, 1.165) is 51.4 Å². The van der Waals surface area contributed by atoms with Crippen molar-refractivity contribution in [2.24, 2.45) is 0 Å². The standard InChI is InChI=1S/C21H44O4S/c1-3-5-6-7-8-9-10-11-14-18-21(26(23,24)25)19-15-12-13-17-20(22)16-4-2/h20-22H,3-19H2,1-2H3,(H,23,24,25). The van der Waals surface area contributed by atoms with Crippen LogP contribution in [-0.4, -0.2) is 29.4 Å². The molecule has 0 aliphatic rings. The van der Waals surface area contributed by atoms with Crippen molar-refractivity contribution >= 4 is 10.1 Å². The molecule has 0 saturated heterocycles. The molecule has 2 atom stereocenters. The van der Waals surface area contributed by atoms with Gasteiger partial charge in [0.15, 0.2) is 0 Å². The van der Waals surface area contributed by atoms with Crippen molar-refractivity contribution in [3.05, 3.63) is 0 Å². The zero-order valence-corrected chi connectivity index (χ0v) is 18.1. The SMILES string of the molecule is CCCCCCCCCCCC(CCCCCC(O)CCC)S(=O)(=O)O. The van der Waals surface area contributed by atoms with Crippen molar-refractivity contribution in [3.63, 3.8) is 0 Å². The molecule has 0 bridgehead atoms. The lowest BCUT2D eigenvalue weighted by Gasteiger charge is -2.14. The molecule has 0 spiro atoms. The van der Waals surface area contributed by atoms with E-state index in [-0.39, 0.29) is 6.10 Å². The number of hydrogen-bond donors (Lipinski definition) is 2. The van der Waals surface area contributed by atoms with Gasteiger partial charge in [-0.25, -0.2) is 0 Å². The first-order valence-electron chi connectivity index (χ1n) is 11.1. The molecule has 0 aromatic carbocycles. The Morgan fingerprint density at radius 3 is 1.50 bits per heavy atom. The monoisotopic (exact) mass is 392 g/mol. The molecule has 0 aromatic rings. The first-order chi connectivity index (χ1) is 12.4. The summed E-state index contributed by atoms with van der Waals surface area (Å²) in [5.41, 5.74) is 0. The predicted octanol–water partition coefficient (Wildman–Crippen LogP) is 6.28. The molecule has 0 saturated carbocycles. The molecule has 26 heavy (non-hydrogen) atoms. The van der Waals surface area contributed by atoms with Crippen LogP contribution in [0.4, 0.5) is 0 Å².